The Hall–Kier alpha value is -0.0100. The van der Waals surface area contributed by atoms with Gasteiger partial charge in [0, 0.05) is 9.85 Å². The minimum Gasteiger partial charge on any atom is -0.0884 e. The zero-order chi connectivity index (χ0) is 11.8. The molecule has 0 aromatic heterocycles. The third-order valence-electron chi connectivity index (χ3n) is 4.63. The Kier molecular flexibility index (Phi) is 3.49. The van der Waals surface area contributed by atoms with Crippen LogP contribution in [0.1, 0.15) is 31.2 Å². The maximum absolute atomic E-state index is 6.23. The summed E-state index contributed by atoms with van der Waals surface area (Å²) in [6.45, 7) is 0. The molecule has 0 saturated heterocycles. The second-order valence-corrected chi connectivity index (χ2v) is 7.23. The van der Waals surface area contributed by atoms with Gasteiger partial charge in [-0.25, -0.2) is 0 Å². The fraction of sp³-hybridized carbons (Fsp3) is 0.600. The number of hydrogen-bond donors (Lipinski definition) is 0. The van der Waals surface area contributed by atoms with Crippen molar-refractivity contribution in [3.05, 3.63) is 34.9 Å². The van der Waals surface area contributed by atoms with Crippen molar-refractivity contribution < 1.29 is 0 Å². The van der Waals surface area contributed by atoms with Crippen LogP contribution < -0.4 is 0 Å². The quantitative estimate of drug-likeness (QED) is 0.682. The van der Waals surface area contributed by atoms with Gasteiger partial charge in [0.15, 0.2) is 0 Å². The molecular formula is C15H18BrCl. The lowest BCUT2D eigenvalue weighted by atomic mass is 9.84. The Bertz CT molecular complexity index is 404. The standard InChI is InChI=1S/C15H18BrCl/c16-14(9-12-3-1-2-4-15(12)17)13-8-10-5-6-11(13)7-10/h1-4,10-11,13-14H,5-9H2. The normalized spacial score (nSPS) is 32.9. The van der Waals surface area contributed by atoms with Crippen LogP contribution >= 0.6 is 27.5 Å². The van der Waals surface area contributed by atoms with Gasteiger partial charge in [-0.15, -0.1) is 0 Å². The molecule has 1 aromatic rings. The molecule has 0 heterocycles. The summed E-state index contributed by atoms with van der Waals surface area (Å²) in [6, 6.07) is 8.25. The lowest BCUT2D eigenvalue weighted by molar-refractivity contribution is 0.326. The van der Waals surface area contributed by atoms with Gasteiger partial charge >= 0.3 is 0 Å². The van der Waals surface area contributed by atoms with Crippen molar-refractivity contribution >= 4 is 27.5 Å². The van der Waals surface area contributed by atoms with Crippen molar-refractivity contribution in [1.29, 1.82) is 0 Å². The average Bonchev–Trinajstić information content (AvgIpc) is 2.94. The van der Waals surface area contributed by atoms with Gasteiger partial charge in [0.25, 0.3) is 0 Å². The van der Waals surface area contributed by atoms with E-state index in [9.17, 15) is 0 Å². The van der Waals surface area contributed by atoms with E-state index >= 15 is 0 Å². The van der Waals surface area contributed by atoms with Crippen molar-refractivity contribution in [2.45, 2.75) is 36.9 Å². The SMILES string of the molecule is Clc1ccccc1CC(Br)C1CC2CCC1C2. The Labute approximate surface area is 117 Å². The number of hydrogen-bond acceptors (Lipinski definition) is 0. The Balaban J connectivity index is 1.68. The van der Waals surface area contributed by atoms with Crippen molar-refractivity contribution in [3.8, 4) is 0 Å². The molecule has 17 heavy (non-hydrogen) atoms. The Morgan fingerprint density at radius 1 is 1.24 bits per heavy atom. The molecule has 2 heteroatoms. The second kappa shape index (κ2) is 4.93. The first-order valence-electron chi connectivity index (χ1n) is 6.61. The number of rotatable bonds is 3. The molecule has 4 unspecified atom stereocenters. The van der Waals surface area contributed by atoms with Crippen molar-refractivity contribution in [1.82, 2.24) is 0 Å². The molecule has 0 nitrogen and oxygen atoms in total. The summed E-state index contributed by atoms with van der Waals surface area (Å²) in [6.07, 6.45) is 6.93. The molecule has 2 bridgehead atoms. The smallest absolute Gasteiger partial charge is 0.0438 e. The van der Waals surface area contributed by atoms with Gasteiger partial charge in [0.05, 0.1) is 0 Å². The summed E-state index contributed by atoms with van der Waals surface area (Å²) in [7, 11) is 0. The van der Waals surface area contributed by atoms with E-state index in [1.165, 1.54) is 31.2 Å². The zero-order valence-electron chi connectivity index (χ0n) is 9.91. The number of halogens is 2. The molecule has 92 valence electrons. The van der Waals surface area contributed by atoms with Crippen molar-refractivity contribution in [2.24, 2.45) is 17.8 Å². The number of fused-ring (bicyclic) bond motifs is 2. The zero-order valence-corrected chi connectivity index (χ0v) is 12.3. The van der Waals surface area contributed by atoms with E-state index in [2.05, 4.69) is 28.1 Å². The molecule has 2 fully saturated rings. The van der Waals surface area contributed by atoms with Gasteiger partial charge in [-0.1, -0.05) is 52.2 Å². The minimum atomic E-state index is 0.609. The average molecular weight is 314 g/mol. The highest BCUT2D eigenvalue weighted by Crippen LogP contribution is 2.51. The highest BCUT2D eigenvalue weighted by molar-refractivity contribution is 9.09. The van der Waals surface area contributed by atoms with E-state index < -0.39 is 0 Å². The molecule has 3 rings (SSSR count). The van der Waals surface area contributed by atoms with Gasteiger partial charge in [-0.2, -0.15) is 0 Å². The van der Waals surface area contributed by atoms with Crippen LogP contribution in [0, 0.1) is 17.8 Å². The Morgan fingerprint density at radius 3 is 2.71 bits per heavy atom. The maximum Gasteiger partial charge on any atom is 0.0438 e. The summed E-state index contributed by atoms with van der Waals surface area (Å²) in [5.41, 5.74) is 1.29. The molecule has 2 aliphatic rings. The van der Waals surface area contributed by atoms with Crippen LogP contribution in [0.15, 0.2) is 24.3 Å². The minimum absolute atomic E-state index is 0.609. The highest BCUT2D eigenvalue weighted by atomic mass is 79.9. The predicted molar refractivity (Wildman–Crippen MR) is 76.8 cm³/mol. The summed E-state index contributed by atoms with van der Waals surface area (Å²) in [5, 5.41) is 0.917. The van der Waals surface area contributed by atoms with E-state index in [0.29, 0.717) is 4.83 Å². The molecule has 1 aromatic carbocycles. The van der Waals surface area contributed by atoms with Gasteiger partial charge < -0.3 is 0 Å². The van der Waals surface area contributed by atoms with Crippen molar-refractivity contribution in [3.63, 3.8) is 0 Å². The summed E-state index contributed by atoms with van der Waals surface area (Å²) < 4.78 is 0. The third-order valence-corrected chi connectivity index (χ3v) is 6.00. The maximum atomic E-state index is 6.23. The van der Waals surface area contributed by atoms with Gasteiger partial charge in [-0.05, 0) is 55.1 Å². The van der Waals surface area contributed by atoms with Crippen LogP contribution in [0.4, 0.5) is 0 Å². The number of alkyl halides is 1. The molecule has 4 atom stereocenters. The highest BCUT2D eigenvalue weighted by Gasteiger charge is 2.42. The van der Waals surface area contributed by atoms with Crippen LogP contribution in [0.5, 0.6) is 0 Å². The molecule has 2 aliphatic carbocycles. The fourth-order valence-electron chi connectivity index (χ4n) is 3.76. The predicted octanol–water partition coefficient (Wildman–Crippen LogP) is 5.08. The molecule has 0 aliphatic heterocycles. The van der Waals surface area contributed by atoms with E-state index in [-0.39, 0.29) is 0 Å². The molecule has 0 amide bonds. The monoisotopic (exact) mass is 312 g/mol. The molecule has 0 N–H and O–H groups in total. The fourth-order valence-corrected chi connectivity index (χ4v) is 4.97. The lowest BCUT2D eigenvalue weighted by Gasteiger charge is -2.26. The van der Waals surface area contributed by atoms with Gasteiger partial charge in [0.1, 0.15) is 0 Å². The van der Waals surface area contributed by atoms with E-state index in [4.69, 9.17) is 11.6 Å². The van der Waals surface area contributed by atoms with Crippen LogP contribution in [-0.2, 0) is 6.42 Å². The lowest BCUT2D eigenvalue weighted by Crippen LogP contribution is -2.22. The Morgan fingerprint density at radius 2 is 2.06 bits per heavy atom. The number of benzene rings is 1. The van der Waals surface area contributed by atoms with E-state index in [0.717, 1.165) is 29.2 Å². The molecule has 2 saturated carbocycles. The van der Waals surface area contributed by atoms with Crippen LogP contribution in [0.3, 0.4) is 0 Å². The second-order valence-electron chi connectivity index (χ2n) is 5.65. The van der Waals surface area contributed by atoms with Crippen LogP contribution in [0.2, 0.25) is 5.02 Å². The first kappa shape index (κ1) is 12.0. The van der Waals surface area contributed by atoms with Crippen molar-refractivity contribution in [2.75, 3.05) is 0 Å². The summed E-state index contributed by atoms with van der Waals surface area (Å²) in [5.74, 6) is 2.88. The topological polar surface area (TPSA) is 0 Å². The molecule has 0 radical (unpaired) electrons. The molecular weight excluding hydrogens is 296 g/mol. The van der Waals surface area contributed by atoms with Crippen LogP contribution in [0.25, 0.3) is 0 Å². The van der Waals surface area contributed by atoms with Crippen LogP contribution in [-0.4, -0.2) is 4.83 Å². The van der Waals surface area contributed by atoms with E-state index in [1.807, 2.05) is 12.1 Å². The first-order valence-corrected chi connectivity index (χ1v) is 7.91. The summed E-state index contributed by atoms with van der Waals surface area (Å²) in [4.78, 5) is 0.609. The van der Waals surface area contributed by atoms with E-state index in [1.54, 1.807) is 0 Å². The summed E-state index contributed by atoms with van der Waals surface area (Å²) >= 11 is 10.2. The first-order chi connectivity index (χ1) is 8.24. The van der Waals surface area contributed by atoms with Gasteiger partial charge in [-0.3, -0.25) is 0 Å². The van der Waals surface area contributed by atoms with Gasteiger partial charge in [0.2, 0.25) is 0 Å². The molecule has 0 spiro atoms. The largest absolute Gasteiger partial charge is 0.0884 e. The third kappa shape index (κ3) is 2.42.